The van der Waals surface area contributed by atoms with Crippen LogP contribution in [-0.4, -0.2) is 36.2 Å². The summed E-state index contributed by atoms with van der Waals surface area (Å²) in [6, 6.07) is 0. The third-order valence-electron chi connectivity index (χ3n) is 2.60. The lowest BCUT2D eigenvalue weighted by atomic mass is 9.95. The monoisotopic (exact) mass is 224 g/mol. The molecule has 1 heterocycles. The molecule has 90 valence electrons. The quantitative estimate of drug-likeness (QED) is 0.777. The van der Waals surface area contributed by atoms with Crippen LogP contribution in [0.15, 0.2) is 0 Å². The van der Waals surface area contributed by atoms with Gasteiger partial charge in [0.05, 0.1) is 5.92 Å². The standard InChI is InChI=1S/C10H19F3N2/c1-9(2,14)7-15-5-3-4-8(6-15)10(11,12)13/h8H,3-7,14H2,1-2H3. The van der Waals surface area contributed by atoms with E-state index in [1.165, 1.54) is 0 Å². The van der Waals surface area contributed by atoms with E-state index in [0.29, 0.717) is 13.0 Å². The van der Waals surface area contributed by atoms with Gasteiger partial charge in [0.1, 0.15) is 0 Å². The van der Waals surface area contributed by atoms with Crippen LogP contribution in [0.2, 0.25) is 0 Å². The van der Waals surface area contributed by atoms with Gasteiger partial charge in [-0.15, -0.1) is 0 Å². The fraction of sp³-hybridized carbons (Fsp3) is 1.00. The second kappa shape index (κ2) is 4.29. The average Bonchev–Trinajstić information content (AvgIpc) is 1.99. The van der Waals surface area contributed by atoms with Crippen molar-refractivity contribution in [2.24, 2.45) is 11.7 Å². The zero-order valence-corrected chi connectivity index (χ0v) is 9.27. The Hall–Kier alpha value is -0.290. The molecule has 1 aliphatic rings. The van der Waals surface area contributed by atoms with E-state index in [9.17, 15) is 13.2 Å². The topological polar surface area (TPSA) is 29.3 Å². The molecule has 0 aromatic heterocycles. The second-order valence-electron chi connectivity index (χ2n) is 5.10. The van der Waals surface area contributed by atoms with Gasteiger partial charge in [-0.3, -0.25) is 0 Å². The first kappa shape index (κ1) is 12.8. The number of nitrogens with zero attached hydrogens (tertiary/aromatic N) is 1. The maximum Gasteiger partial charge on any atom is 0.393 e. The van der Waals surface area contributed by atoms with Gasteiger partial charge in [0.25, 0.3) is 0 Å². The van der Waals surface area contributed by atoms with Crippen molar-refractivity contribution in [1.82, 2.24) is 4.90 Å². The lowest BCUT2D eigenvalue weighted by Gasteiger charge is -2.37. The molecule has 2 N–H and O–H groups in total. The molecule has 15 heavy (non-hydrogen) atoms. The number of likely N-dealkylation sites (tertiary alicyclic amines) is 1. The van der Waals surface area contributed by atoms with Crippen LogP contribution in [0.25, 0.3) is 0 Å². The number of nitrogens with two attached hydrogens (primary N) is 1. The largest absolute Gasteiger partial charge is 0.393 e. The molecular formula is C10H19F3N2. The van der Waals surface area contributed by atoms with Crippen LogP contribution < -0.4 is 5.73 Å². The number of piperidine rings is 1. The Kier molecular flexibility index (Phi) is 3.66. The Morgan fingerprint density at radius 1 is 1.33 bits per heavy atom. The van der Waals surface area contributed by atoms with Gasteiger partial charge in [-0.1, -0.05) is 0 Å². The molecule has 1 rings (SSSR count). The zero-order valence-electron chi connectivity index (χ0n) is 9.27. The van der Waals surface area contributed by atoms with Crippen molar-refractivity contribution in [1.29, 1.82) is 0 Å². The molecule has 1 atom stereocenters. The van der Waals surface area contributed by atoms with Crippen molar-refractivity contribution in [3.05, 3.63) is 0 Å². The average molecular weight is 224 g/mol. The van der Waals surface area contributed by atoms with Crippen LogP contribution in [0.1, 0.15) is 26.7 Å². The SMILES string of the molecule is CC(C)(N)CN1CCCC(C(F)(F)F)C1. The highest BCUT2D eigenvalue weighted by Crippen LogP contribution is 2.33. The fourth-order valence-electron chi connectivity index (χ4n) is 2.04. The predicted octanol–water partition coefficient (Wildman–Crippen LogP) is 2.00. The van der Waals surface area contributed by atoms with Gasteiger partial charge in [-0.2, -0.15) is 13.2 Å². The fourth-order valence-corrected chi connectivity index (χ4v) is 2.04. The van der Waals surface area contributed by atoms with Crippen LogP contribution in [0.3, 0.4) is 0 Å². The minimum atomic E-state index is -4.06. The van der Waals surface area contributed by atoms with E-state index in [1.807, 2.05) is 18.7 Å². The van der Waals surface area contributed by atoms with E-state index < -0.39 is 17.6 Å². The van der Waals surface area contributed by atoms with E-state index in [4.69, 9.17) is 5.73 Å². The molecule has 1 unspecified atom stereocenters. The van der Waals surface area contributed by atoms with Crippen molar-refractivity contribution in [3.8, 4) is 0 Å². The lowest BCUT2D eigenvalue weighted by Crippen LogP contribution is -2.50. The maximum atomic E-state index is 12.5. The number of hydrogen-bond donors (Lipinski definition) is 1. The molecule has 0 aromatic rings. The first-order valence-corrected chi connectivity index (χ1v) is 5.26. The summed E-state index contributed by atoms with van der Waals surface area (Å²) in [6.07, 6.45) is -3.19. The highest BCUT2D eigenvalue weighted by molar-refractivity contribution is 4.83. The van der Waals surface area contributed by atoms with Crippen LogP contribution >= 0.6 is 0 Å². The minimum absolute atomic E-state index is 0.101. The summed E-state index contributed by atoms with van der Waals surface area (Å²) in [5.74, 6) is -1.17. The Labute approximate surface area is 88.6 Å². The molecule has 0 aliphatic carbocycles. The predicted molar refractivity (Wildman–Crippen MR) is 53.5 cm³/mol. The van der Waals surface area contributed by atoms with E-state index >= 15 is 0 Å². The molecule has 5 heteroatoms. The van der Waals surface area contributed by atoms with E-state index in [1.54, 1.807) is 0 Å². The molecule has 1 aliphatic heterocycles. The Bertz CT molecular complexity index is 208. The van der Waals surface area contributed by atoms with Crippen LogP contribution in [-0.2, 0) is 0 Å². The third-order valence-corrected chi connectivity index (χ3v) is 2.60. The third kappa shape index (κ3) is 4.38. The lowest BCUT2D eigenvalue weighted by molar-refractivity contribution is -0.187. The summed E-state index contributed by atoms with van der Waals surface area (Å²) in [5, 5.41) is 0. The van der Waals surface area contributed by atoms with Crippen molar-refractivity contribution in [2.75, 3.05) is 19.6 Å². The number of alkyl halides is 3. The highest BCUT2D eigenvalue weighted by Gasteiger charge is 2.42. The maximum absolute atomic E-state index is 12.5. The van der Waals surface area contributed by atoms with Gasteiger partial charge in [-0.05, 0) is 33.2 Å². The summed E-state index contributed by atoms with van der Waals surface area (Å²) in [7, 11) is 0. The van der Waals surface area contributed by atoms with Gasteiger partial charge in [0.15, 0.2) is 0 Å². The zero-order chi connectivity index (χ0) is 11.7. The van der Waals surface area contributed by atoms with Crippen molar-refractivity contribution < 1.29 is 13.2 Å². The number of rotatable bonds is 2. The van der Waals surface area contributed by atoms with E-state index in [-0.39, 0.29) is 13.0 Å². The molecule has 0 radical (unpaired) electrons. The smallest absolute Gasteiger partial charge is 0.324 e. The van der Waals surface area contributed by atoms with Gasteiger partial charge >= 0.3 is 6.18 Å². The van der Waals surface area contributed by atoms with Crippen molar-refractivity contribution in [3.63, 3.8) is 0 Å². The molecule has 1 fully saturated rings. The minimum Gasteiger partial charge on any atom is -0.324 e. The Morgan fingerprint density at radius 2 is 1.93 bits per heavy atom. The highest BCUT2D eigenvalue weighted by atomic mass is 19.4. The number of halogens is 3. The normalized spacial score (nSPS) is 25.6. The summed E-state index contributed by atoms with van der Waals surface area (Å²) in [5.41, 5.74) is 5.37. The molecule has 0 aromatic carbocycles. The van der Waals surface area contributed by atoms with Gasteiger partial charge in [-0.25, -0.2) is 0 Å². The molecule has 1 saturated heterocycles. The molecule has 0 amide bonds. The molecule has 0 saturated carbocycles. The summed E-state index contributed by atoms with van der Waals surface area (Å²) in [6.45, 7) is 5.03. The van der Waals surface area contributed by atoms with Gasteiger partial charge in [0.2, 0.25) is 0 Å². The molecule has 0 bridgehead atoms. The summed E-state index contributed by atoms with van der Waals surface area (Å²) >= 11 is 0. The summed E-state index contributed by atoms with van der Waals surface area (Å²) < 4.78 is 37.5. The number of hydrogen-bond acceptors (Lipinski definition) is 2. The van der Waals surface area contributed by atoms with Crippen LogP contribution in [0.4, 0.5) is 13.2 Å². The summed E-state index contributed by atoms with van der Waals surface area (Å²) in [4.78, 5) is 1.82. The second-order valence-corrected chi connectivity index (χ2v) is 5.10. The van der Waals surface area contributed by atoms with Crippen molar-refractivity contribution in [2.45, 2.75) is 38.4 Å². The molecule has 0 spiro atoms. The Balaban J connectivity index is 2.50. The first-order valence-electron chi connectivity index (χ1n) is 5.26. The van der Waals surface area contributed by atoms with Gasteiger partial charge in [0, 0.05) is 18.6 Å². The van der Waals surface area contributed by atoms with E-state index in [2.05, 4.69) is 0 Å². The Morgan fingerprint density at radius 3 is 2.40 bits per heavy atom. The first-order chi connectivity index (χ1) is 6.68. The molecule has 2 nitrogen and oxygen atoms in total. The van der Waals surface area contributed by atoms with Crippen LogP contribution in [0.5, 0.6) is 0 Å². The van der Waals surface area contributed by atoms with Crippen LogP contribution in [0, 0.1) is 5.92 Å². The van der Waals surface area contributed by atoms with Crippen molar-refractivity contribution >= 4 is 0 Å². The molecular weight excluding hydrogens is 205 g/mol. The van der Waals surface area contributed by atoms with Gasteiger partial charge < -0.3 is 10.6 Å². The van der Waals surface area contributed by atoms with E-state index in [0.717, 1.165) is 6.54 Å².